The maximum Gasteiger partial charge on any atom is 0.321 e. The van der Waals surface area contributed by atoms with Gasteiger partial charge in [0, 0.05) is 38.3 Å². The number of carbonyl (C=O) groups is 2. The molecule has 3 amide bonds. The van der Waals surface area contributed by atoms with Crippen LogP contribution in [0.3, 0.4) is 0 Å². The van der Waals surface area contributed by atoms with Crippen molar-refractivity contribution in [3.63, 3.8) is 0 Å². The zero-order valence-corrected chi connectivity index (χ0v) is 17.5. The largest absolute Gasteiger partial charge is 0.497 e. The molecule has 0 bridgehead atoms. The summed E-state index contributed by atoms with van der Waals surface area (Å²) in [6, 6.07) is 15.3. The first-order chi connectivity index (χ1) is 13.9. The average Bonchev–Trinajstić information content (AvgIpc) is 3.20. The fraction of sp³-hybridized carbons (Fsp3) is 0.391. The molecule has 1 aliphatic rings. The molecule has 0 spiro atoms. The molecule has 0 aliphatic carbocycles. The van der Waals surface area contributed by atoms with Crippen LogP contribution < -0.4 is 10.1 Å². The second-order valence-electron chi connectivity index (χ2n) is 7.54. The van der Waals surface area contributed by atoms with E-state index in [1.165, 1.54) is 0 Å². The van der Waals surface area contributed by atoms with E-state index in [2.05, 4.69) is 5.32 Å². The van der Waals surface area contributed by atoms with Crippen molar-refractivity contribution in [3.8, 4) is 5.75 Å². The molecular weight excluding hydrogens is 366 g/mol. The Balaban J connectivity index is 1.82. The van der Waals surface area contributed by atoms with Crippen LogP contribution in [-0.4, -0.2) is 55.5 Å². The van der Waals surface area contributed by atoms with Crippen molar-refractivity contribution in [1.82, 2.24) is 9.80 Å². The van der Waals surface area contributed by atoms with E-state index in [0.29, 0.717) is 19.6 Å². The molecule has 1 heterocycles. The maximum atomic E-state index is 13.0. The SMILES string of the molecule is CCN(C)C(=O)C1CN(C(=O)Nc2ccc(C)cc2)CC1c1cccc(OC)c1. The van der Waals surface area contributed by atoms with E-state index in [4.69, 9.17) is 4.74 Å². The molecule has 2 aromatic carbocycles. The molecule has 1 N–H and O–H groups in total. The number of likely N-dealkylation sites (tertiary alicyclic amines) is 1. The van der Waals surface area contributed by atoms with Crippen LogP contribution in [0.15, 0.2) is 48.5 Å². The summed E-state index contributed by atoms with van der Waals surface area (Å²) in [6.45, 7) is 5.47. The topological polar surface area (TPSA) is 61.9 Å². The Hall–Kier alpha value is -3.02. The highest BCUT2D eigenvalue weighted by Gasteiger charge is 2.41. The third-order valence-electron chi connectivity index (χ3n) is 5.60. The maximum absolute atomic E-state index is 13.0. The van der Waals surface area contributed by atoms with Gasteiger partial charge in [-0.15, -0.1) is 0 Å². The number of aryl methyl sites for hydroxylation is 1. The van der Waals surface area contributed by atoms with E-state index in [0.717, 1.165) is 22.6 Å². The summed E-state index contributed by atoms with van der Waals surface area (Å²) in [6.07, 6.45) is 0. The third-order valence-corrected chi connectivity index (χ3v) is 5.60. The van der Waals surface area contributed by atoms with Gasteiger partial charge in [0.2, 0.25) is 5.91 Å². The predicted octanol–water partition coefficient (Wildman–Crippen LogP) is 3.73. The molecule has 0 radical (unpaired) electrons. The Labute approximate surface area is 172 Å². The number of nitrogens with zero attached hydrogens (tertiary/aromatic N) is 2. The third kappa shape index (κ3) is 4.70. The molecule has 6 nitrogen and oxygen atoms in total. The highest BCUT2D eigenvalue weighted by atomic mass is 16.5. The van der Waals surface area contributed by atoms with Crippen LogP contribution in [0, 0.1) is 12.8 Å². The molecule has 6 heteroatoms. The number of methoxy groups -OCH3 is 1. The lowest BCUT2D eigenvalue weighted by Crippen LogP contribution is -2.37. The van der Waals surface area contributed by atoms with Gasteiger partial charge in [0.05, 0.1) is 13.0 Å². The first-order valence-electron chi connectivity index (χ1n) is 9.94. The fourth-order valence-electron chi connectivity index (χ4n) is 3.71. The van der Waals surface area contributed by atoms with E-state index in [9.17, 15) is 9.59 Å². The Morgan fingerprint density at radius 2 is 1.90 bits per heavy atom. The molecule has 154 valence electrons. The molecule has 29 heavy (non-hydrogen) atoms. The molecule has 2 unspecified atom stereocenters. The van der Waals surface area contributed by atoms with Gasteiger partial charge < -0.3 is 19.9 Å². The van der Waals surface area contributed by atoms with E-state index >= 15 is 0 Å². The minimum Gasteiger partial charge on any atom is -0.497 e. The summed E-state index contributed by atoms with van der Waals surface area (Å²) in [5.74, 6) is 0.456. The number of rotatable bonds is 5. The van der Waals surface area contributed by atoms with Gasteiger partial charge in [0.1, 0.15) is 5.75 Å². The van der Waals surface area contributed by atoms with Crippen molar-refractivity contribution < 1.29 is 14.3 Å². The lowest BCUT2D eigenvalue weighted by Gasteiger charge is -2.23. The van der Waals surface area contributed by atoms with Gasteiger partial charge in [-0.2, -0.15) is 0 Å². The van der Waals surface area contributed by atoms with Crippen molar-refractivity contribution in [3.05, 3.63) is 59.7 Å². The van der Waals surface area contributed by atoms with Crippen molar-refractivity contribution in [1.29, 1.82) is 0 Å². The second kappa shape index (κ2) is 8.99. The van der Waals surface area contributed by atoms with E-state index in [1.54, 1.807) is 24.0 Å². The van der Waals surface area contributed by atoms with Crippen LogP contribution in [0.25, 0.3) is 0 Å². The van der Waals surface area contributed by atoms with Crippen LogP contribution in [0.4, 0.5) is 10.5 Å². The van der Waals surface area contributed by atoms with Gasteiger partial charge in [0.15, 0.2) is 0 Å². The monoisotopic (exact) mass is 395 g/mol. The number of nitrogens with one attached hydrogen (secondary N) is 1. The van der Waals surface area contributed by atoms with Crippen molar-refractivity contribution in [2.45, 2.75) is 19.8 Å². The molecule has 2 aromatic rings. The minimum absolute atomic E-state index is 0.0611. The van der Waals surface area contributed by atoms with Crippen LogP contribution >= 0.6 is 0 Å². The lowest BCUT2D eigenvalue weighted by atomic mass is 9.88. The van der Waals surface area contributed by atoms with Crippen LogP contribution in [0.5, 0.6) is 5.75 Å². The molecule has 3 rings (SSSR count). The zero-order valence-electron chi connectivity index (χ0n) is 17.5. The number of urea groups is 1. The van der Waals surface area contributed by atoms with Crippen LogP contribution in [0.1, 0.15) is 24.0 Å². The Bertz CT molecular complexity index is 866. The summed E-state index contributed by atoms with van der Waals surface area (Å²) < 4.78 is 5.35. The van der Waals surface area contributed by atoms with Gasteiger partial charge in [-0.05, 0) is 43.7 Å². The standard InChI is InChI=1S/C23H29N3O3/c1-5-25(3)22(27)21-15-26(23(28)24-18-11-9-16(2)10-12-18)14-20(21)17-7-6-8-19(13-17)29-4/h6-13,20-21H,5,14-15H2,1-4H3,(H,24,28). The van der Waals surface area contributed by atoms with E-state index in [-0.39, 0.29) is 23.8 Å². The normalized spacial score (nSPS) is 18.4. The number of hydrogen-bond donors (Lipinski definition) is 1. The molecule has 1 saturated heterocycles. The van der Waals surface area contributed by atoms with E-state index in [1.807, 2.05) is 62.4 Å². The number of hydrogen-bond acceptors (Lipinski definition) is 3. The van der Waals surface area contributed by atoms with Gasteiger partial charge in [-0.1, -0.05) is 29.8 Å². The molecule has 1 fully saturated rings. The van der Waals surface area contributed by atoms with Gasteiger partial charge in [0.25, 0.3) is 0 Å². The van der Waals surface area contributed by atoms with Crippen molar-refractivity contribution in [2.75, 3.05) is 39.1 Å². The molecular formula is C23H29N3O3. The van der Waals surface area contributed by atoms with Crippen LogP contribution in [-0.2, 0) is 4.79 Å². The summed E-state index contributed by atoms with van der Waals surface area (Å²) in [7, 11) is 3.43. The number of benzene rings is 2. The first-order valence-corrected chi connectivity index (χ1v) is 9.94. The first kappa shape index (κ1) is 20.7. The summed E-state index contributed by atoms with van der Waals surface area (Å²) >= 11 is 0. The van der Waals surface area contributed by atoms with Crippen molar-refractivity contribution >= 4 is 17.6 Å². The Morgan fingerprint density at radius 3 is 2.55 bits per heavy atom. The highest BCUT2D eigenvalue weighted by molar-refractivity contribution is 5.91. The highest BCUT2D eigenvalue weighted by Crippen LogP contribution is 2.35. The summed E-state index contributed by atoms with van der Waals surface area (Å²) in [5.41, 5.74) is 2.90. The van der Waals surface area contributed by atoms with Gasteiger partial charge >= 0.3 is 6.03 Å². The van der Waals surface area contributed by atoms with Gasteiger partial charge in [-0.25, -0.2) is 4.79 Å². The number of anilines is 1. The Kier molecular flexibility index (Phi) is 6.42. The summed E-state index contributed by atoms with van der Waals surface area (Å²) in [4.78, 5) is 29.3. The molecule has 0 saturated carbocycles. The van der Waals surface area contributed by atoms with Crippen molar-refractivity contribution in [2.24, 2.45) is 5.92 Å². The molecule has 2 atom stereocenters. The molecule has 1 aliphatic heterocycles. The van der Waals surface area contributed by atoms with E-state index < -0.39 is 0 Å². The number of amides is 3. The smallest absolute Gasteiger partial charge is 0.321 e. The zero-order chi connectivity index (χ0) is 21.0. The minimum atomic E-state index is -0.282. The molecule has 0 aromatic heterocycles. The summed E-state index contributed by atoms with van der Waals surface area (Å²) in [5, 5.41) is 2.95. The average molecular weight is 396 g/mol. The second-order valence-corrected chi connectivity index (χ2v) is 7.54. The quantitative estimate of drug-likeness (QED) is 0.839. The Morgan fingerprint density at radius 1 is 1.17 bits per heavy atom. The number of carbonyl (C=O) groups excluding carboxylic acids is 2. The fourth-order valence-corrected chi connectivity index (χ4v) is 3.71. The van der Waals surface area contributed by atoms with Crippen LogP contribution in [0.2, 0.25) is 0 Å². The van der Waals surface area contributed by atoms with Gasteiger partial charge in [-0.3, -0.25) is 4.79 Å². The lowest BCUT2D eigenvalue weighted by molar-refractivity contribution is -0.133. The number of ether oxygens (including phenoxy) is 1. The predicted molar refractivity (Wildman–Crippen MR) is 114 cm³/mol.